The number of guanidine groups is 1. The van der Waals surface area contributed by atoms with Crippen molar-refractivity contribution in [3.05, 3.63) is 34.3 Å². The molecule has 152 valence electrons. The van der Waals surface area contributed by atoms with Gasteiger partial charge in [0.2, 0.25) is 0 Å². The molecule has 0 aliphatic carbocycles. The van der Waals surface area contributed by atoms with Crippen LogP contribution < -0.4 is 16.0 Å². The van der Waals surface area contributed by atoms with Crippen molar-refractivity contribution in [2.45, 2.75) is 19.8 Å². The van der Waals surface area contributed by atoms with Gasteiger partial charge in [-0.2, -0.15) is 0 Å². The summed E-state index contributed by atoms with van der Waals surface area (Å²) in [5.41, 5.74) is 0.657. The molecule has 0 fully saturated rings. The highest BCUT2D eigenvalue weighted by atomic mass is 79.9. The lowest BCUT2D eigenvalue weighted by Gasteiger charge is -2.11. The van der Waals surface area contributed by atoms with Crippen LogP contribution in [-0.4, -0.2) is 65.0 Å². The molecule has 7 nitrogen and oxygen atoms in total. The maximum absolute atomic E-state index is 12.0. The van der Waals surface area contributed by atoms with Crippen LogP contribution in [0.25, 0.3) is 0 Å². The van der Waals surface area contributed by atoms with Crippen molar-refractivity contribution in [3.63, 3.8) is 0 Å². The fourth-order valence-electron chi connectivity index (χ4n) is 2.14. The Morgan fingerprint density at radius 1 is 1.04 bits per heavy atom. The molecule has 0 saturated heterocycles. The Bertz CT molecular complexity index is 552. The van der Waals surface area contributed by atoms with E-state index in [2.05, 4.69) is 36.9 Å². The number of amides is 1. The molecular weight excluding hydrogens is 412 g/mol. The third kappa shape index (κ3) is 11.6. The smallest absolute Gasteiger partial charge is 0.251 e. The van der Waals surface area contributed by atoms with Gasteiger partial charge in [0.25, 0.3) is 5.91 Å². The molecule has 0 saturated carbocycles. The molecule has 0 bridgehead atoms. The van der Waals surface area contributed by atoms with Crippen molar-refractivity contribution < 1.29 is 14.3 Å². The number of carbonyl (C=O) groups is 1. The number of methoxy groups -OCH3 is 1. The third-order valence-electron chi connectivity index (χ3n) is 3.53. The lowest BCUT2D eigenvalue weighted by Crippen LogP contribution is -2.38. The second-order valence-electron chi connectivity index (χ2n) is 5.76. The summed E-state index contributed by atoms with van der Waals surface area (Å²) in [5.74, 6) is 0.721. The van der Waals surface area contributed by atoms with Crippen molar-refractivity contribution in [1.29, 1.82) is 0 Å². The van der Waals surface area contributed by atoms with Crippen LogP contribution in [0.4, 0.5) is 0 Å². The molecule has 1 amide bonds. The third-order valence-corrected chi connectivity index (χ3v) is 4.06. The molecule has 1 rings (SSSR count). The van der Waals surface area contributed by atoms with Gasteiger partial charge >= 0.3 is 0 Å². The van der Waals surface area contributed by atoms with Crippen LogP contribution in [0, 0.1) is 0 Å². The number of ether oxygens (including phenoxy) is 2. The quantitative estimate of drug-likeness (QED) is 0.247. The summed E-state index contributed by atoms with van der Waals surface area (Å²) in [4.78, 5) is 16.5. The maximum Gasteiger partial charge on any atom is 0.251 e. The van der Waals surface area contributed by atoms with Crippen LogP contribution in [-0.2, 0) is 9.47 Å². The van der Waals surface area contributed by atoms with Crippen molar-refractivity contribution in [1.82, 2.24) is 16.0 Å². The van der Waals surface area contributed by atoms with Gasteiger partial charge in [-0.1, -0.05) is 15.9 Å². The van der Waals surface area contributed by atoms with E-state index < -0.39 is 0 Å². The Balaban J connectivity index is 2.18. The summed E-state index contributed by atoms with van der Waals surface area (Å²) in [5, 5.41) is 9.40. The first kappa shape index (κ1) is 23.4. The van der Waals surface area contributed by atoms with Crippen LogP contribution >= 0.6 is 15.9 Å². The van der Waals surface area contributed by atoms with Crippen molar-refractivity contribution in [3.8, 4) is 0 Å². The van der Waals surface area contributed by atoms with Gasteiger partial charge in [0, 0.05) is 49.9 Å². The molecule has 8 heteroatoms. The average molecular weight is 443 g/mol. The van der Waals surface area contributed by atoms with Crippen molar-refractivity contribution >= 4 is 27.8 Å². The Labute approximate surface area is 170 Å². The molecule has 0 aliphatic heterocycles. The molecule has 3 N–H and O–H groups in total. The first-order chi connectivity index (χ1) is 13.2. The topological polar surface area (TPSA) is 84.0 Å². The Hall–Kier alpha value is -1.64. The van der Waals surface area contributed by atoms with Crippen LogP contribution in [0.15, 0.2) is 33.7 Å². The molecule has 1 aromatic rings. The van der Waals surface area contributed by atoms with E-state index in [9.17, 15) is 4.79 Å². The van der Waals surface area contributed by atoms with E-state index in [1.807, 2.05) is 19.1 Å². The molecule has 0 radical (unpaired) electrons. The monoisotopic (exact) mass is 442 g/mol. The fourth-order valence-corrected chi connectivity index (χ4v) is 2.41. The normalized spacial score (nSPS) is 11.3. The van der Waals surface area contributed by atoms with Gasteiger partial charge in [0.15, 0.2) is 5.96 Å². The predicted molar refractivity (Wildman–Crippen MR) is 112 cm³/mol. The van der Waals surface area contributed by atoms with E-state index in [-0.39, 0.29) is 5.91 Å². The zero-order valence-corrected chi connectivity index (χ0v) is 17.8. The molecule has 0 aliphatic rings. The molecule has 1 aromatic carbocycles. The zero-order chi connectivity index (χ0) is 19.7. The van der Waals surface area contributed by atoms with E-state index in [1.165, 1.54) is 0 Å². The van der Waals surface area contributed by atoms with Crippen LogP contribution in [0.3, 0.4) is 0 Å². The minimum absolute atomic E-state index is 0.0648. The van der Waals surface area contributed by atoms with Gasteiger partial charge in [0.1, 0.15) is 0 Å². The van der Waals surface area contributed by atoms with Crippen LogP contribution in [0.5, 0.6) is 0 Å². The summed E-state index contributed by atoms with van der Waals surface area (Å²) < 4.78 is 11.3. The lowest BCUT2D eigenvalue weighted by molar-refractivity contribution is 0.0698. The van der Waals surface area contributed by atoms with Gasteiger partial charge in [-0.3, -0.25) is 9.79 Å². The first-order valence-electron chi connectivity index (χ1n) is 9.30. The Morgan fingerprint density at radius 2 is 1.78 bits per heavy atom. The van der Waals surface area contributed by atoms with E-state index in [4.69, 9.17) is 9.47 Å². The van der Waals surface area contributed by atoms with E-state index >= 15 is 0 Å². The van der Waals surface area contributed by atoms with Crippen LogP contribution in [0.2, 0.25) is 0 Å². The number of rotatable bonds is 13. The summed E-state index contributed by atoms with van der Waals surface area (Å²) in [6.45, 7) is 6.79. The Morgan fingerprint density at radius 3 is 2.48 bits per heavy atom. The molecule has 0 aromatic heterocycles. The van der Waals surface area contributed by atoms with Gasteiger partial charge < -0.3 is 25.4 Å². The van der Waals surface area contributed by atoms with Gasteiger partial charge in [0.05, 0.1) is 13.2 Å². The molecule has 0 atom stereocenters. The molecule has 0 spiro atoms. The number of nitrogens with one attached hydrogen (secondary N) is 3. The van der Waals surface area contributed by atoms with Crippen molar-refractivity contribution in [2.24, 2.45) is 4.99 Å². The van der Waals surface area contributed by atoms with E-state index in [1.54, 1.807) is 19.2 Å². The highest BCUT2D eigenvalue weighted by molar-refractivity contribution is 9.10. The highest BCUT2D eigenvalue weighted by Gasteiger charge is 2.04. The number of aliphatic imine (C=N–C) groups is 1. The number of nitrogens with zero attached hydrogens (tertiary/aromatic N) is 1. The summed E-state index contributed by atoms with van der Waals surface area (Å²) in [6.07, 6.45) is 1.68. The SMILES string of the molecule is CCNC(=NCCCNC(=O)c1ccc(Br)cc1)NCCCOCCOC. The zero-order valence-electron chi connectivity index (χ0n) is 16.2. The standard InChI is InChI=1S/C19H31BrN4O3/c1-3-21-19(24-12-5-13-27-15-14-26-2)23-11-4-10-22-18(25)16-6-8-17(20)9-7-16/h6-9H,3-5,10-15H2,1-2H3,(H,22,25)(H2,21,23,24). The van der Waals surface area contributed by atoms with E-state index in [0.717, 1.165) is 36.4 Å². The summed E-state index contributed by atoms with van der Waals surface area (Å²) in [7, 11) is 1.66. The second kappa shape index (κ2) is 15.4. The highest BCUT2D eigenvalue weighted by Crippen LogP contribution is 2.10. The number of carbonyl (C=O) groups excluding carboxylic acids is 1. The summed E-state index contributed by atoms with van der Waals surface area (Å²) in [6, 6.07) is 7.31. The number of hydrogen-bond donors (Lipinski definition) is 3. The van der Waals surface area contributed by atoms with Gasteiger partial charge in [-0.15, -0.1) is 0 Å². The Kier molecular flexibility index (Phi) is 13.4. The molecule has 0 unspecified atom stereocenters. The summed E-state index contributed by atoms with van der Waals surface area (Å²) >= 11 is 3.36. The lowest BCUT2D eigenvalue weighted by atomic mass is 10.2. The average Bonchev–Trinajstić information content (AvgIpc) is 2.67. The number of halogens is 1. The van der Waals surface area contributed by atoms with Gasteiger partial charge in [-0.05, 0) is 44.0 Å². The molecule has 27 heavy (non-hydrogen) atoms. The molecular formula is C19H31BrN4O3. The van der Waals surface area contributed by atoms with Crippen molar-refractivity contribution in [2.75, 3.05) is 53.1 Å². The van der Waals surface area contributed by atoms with Gasteiger partial charge in [-0.25, -0.2) is 0 Å². The first-order valence-corrected chi connectivity index (χ1v) is 10.1. The second-order valence-corrected chi connectivity index (χ2v) is 6.68. The largest absolute Gasteiger partial charge is 0.382 e. The number of benzene rings is 1. The number of hydrogen-bond acceptors (Lipinski definition) is 4. The predicted octanol–water partition coefficient (Wildman–Crippen LogP) is 2.18. The minimum Gasteiger partial charge on any atom is -0.382 e. The molecule has 0 heterocycles. The fraction of sp³-hybridized carbons (Fsp3) is 0.579. The van der Waals surface area contributed by atoms with E-state index in [0.29, 0.717) is 38.5 Å². The maximum atomic E-state index is 12.0. The minimum atomic E-state index is -0.0648. The van der Waals surface area contributed by atoms with Crippen LogP contribution in [0.1, 0.15) is 30.1 Å².